The van der Waals surface area contributed by atoms with Gasteiger partial charge < -0.3 is 0 Å². The fourth-order valence-corrected chi connectivity index (χ4v) is 0. The van der Waals surface area contributed by atoms with Crippen molar-refractivity contribution in [3.05, 3.63) is 0 Å². The molecule has 0 aliphatic rings. The number of rotatable bonds is 0. The van der Waals surface area contributed by atoms with Crippen molar-refractivity contribution < 1.29 is 6.40 Å². The van der Waals surface area contributed by atoms with Crippen LogP contribution in [0.2, 0.25) is 0 Å². The van der Waals surface area contributed by atoms with Crippen molar-refractivity contribution in [2.45, 2.75) is 0 Å². The van der Waals surface area contributed by atoms with Crippen LogP contribution in [0.5, 0.6) is 0 Å². The van der Waals surface area contributed by atoms with Crippen molar-refractivity contribution in [2.75, 3.05) is 0 Å². The summed E-state index contributed by atoms with van der Waals surface area (Å²) in [6.45, 7) is 0. The molecule has 0 aromatic heterocycles. The fraction of sp³-hybridized carbons (Fsp3) is 0. The molecule has 0 heterocycles. The van der Waals surface area contributed by atoms with E-state index in [1.54, 1.807) is 0 Å². The zero-order chi connectivity index (χ0) is 3.58. The maximum atomic E-state index is 9.06. The molecular formula is H4NO2Sb. The molecule has 1 atom stereocenters. The van der Waals surface area contributed by atoms with Gasteiger partial charge in [-0.25, -0.2) is 0 Å². The van der Waals surface area contributed by atoms with Gasteiger partial charge in [-0.15, -0.1) is 0 Å². The molecule has 4 heteroatoms. The Morgan fingerprint density at radius 3 is 2.00 bits per heavy atom. The van der Waals surface area contributed by atoms with Crippen molar-refractivity contribution in [1.29, 1.82) is 0 Å². The minimum atomic E-state index is -3.29. The molecule has 0 rings (SSSR count). The van der Waals surface area contributed by atoms with Gasteiger partial charge in [0.15, 0.2) is 0 Å². The molecular weight excluding hydrogens is 168 g/mol. The summed E-state index contributed by atoms with van der Waals surface area (Å²) in [5.41, 5.74) is 0. The normalized spacial score (nSPS) is 15.5. The van der Waals surface area contributed by atoms with Gasteiger partial charge in [0.25, 0.3) is 0 Å². The van der Waals surface area contributed by atoms with Crippen LogP contribution in [0.1, 0.15) is 0 Å². The summed E-state index contributed by atoms with van der Waals surface area (Å²) >= 11 is -3.29. The van der Waals surface area contributed by atoms with Crippen LogP contribution in [-0.4, -0.2) is 24.3 Å². The summed E-state index contributed by atoms with van der Waals surface area (Å²) < 4.78 is 20.8. The average molecular weight is 172 g/mol. The minimum absolute atomic E-state index is 3.29. The van der Waals surface area contributed by atoms with Gasteiger partial charge in [-0.3, -0.25) is 0 Å². The quantitative estimate of drug-likeness (QED) is 0.418. The van der Waals surface area contributed by atoms with Crippen molar-refractivity contribution in [1.82, 2.24) is 0 Å². The van der Waals surface area contributed by atoms with Crippen molar-refractivity contribution in [3.8, 4) is 0 Å². The summed E-state index contributed by atoms with van der Waals surface area (Å²) in [6, 6.07) is 0. The molecule has 3 nitrogen and oxygen atoms in total. The Morgan fingerprint density at radius 2 is 2.00 bits per heavy atom. The molecule has 0 amide bonds. The van der Waals surface area contributed by atoms with E-state index in [4.69, 9.17) is 6.40 Å². The molecule has 0 bridgehead atoms. The zero-order valence-electron chi connectivity index (χ0n) is 1.93. The number of hydrogen-bond donors (Lipinski definition) is 2. The SMILES string of the molecule is [NH2][SbH](=[O])[OH]. The van der Waals surface area contributed by atoms with Gasteiger partial charge in [0.05, 0.1) is 0 Å². The maximum absolute atomic E-state index is 9.06. The topological polar surface area (TPSA) is 63.3 Å². The predicted molar refractivity (Wildman–Crippen MR) is 14.2 cm³/mol. The summed E-state index contributed by atoms with van der Waals surface area (Å²) in [7, 11) is 0. The Bertz CT molecular complexity index is 29.0. The van der Waals surface area contributed by atoms with Crippen LogP contribution in [0.25, 0.3) is 0 Å². The third-order valence-corrected chi connectivity index (χ3v) is 0. The molecule has 0 spiro atoms. The second-order valence-corrected chi connectivity index (χ2v) is 2.27. The Labute approximate surface area is 31.7 Å². The first-order valence-electron chi connectivity index (χ1n) is 0.716. The van der Waals surface area contributed by atoms with E-state index in [2.05, 4.69) is 3.89 Å². The van der Waals surface area contributed by atoms with Crippen LogP contribution in [0.15, 0.2) is 0 Å². The van der Waals surface area contributed by atoms with Crippen molar-refractivity contribution >= 4 is 20.9 Å². The predicted octanol–water partition coefficient (Wildman–Crippen LogP) is -1.91. The number of hydrogen-bond acceptors (Lipinski definition) is 1. The second kappa shape index (κ2) is 1.82. The Kier molecular flexibility index (Phi) is 2.07. The van der Waals surface area contributed by atoms with Crippen LogP contribution in [0.3, 0.4) is 0 Å². The number of nitrogens with two attached hydrogens (primary N) is 1. The van der Waals surface area contributed by atoms with Gasteiger partial charge in [0.1, 0.15) is 0 Å². The molecule has 3 N–H and O–H groups in total. The van der Waals surface area contributed by atoms with Crippen LogP contribution in [0, 0.1) is 0 Å². The van der Waals surface area contributed by atoms with Gasteiger partial charge in [0.2, 0.25) is 0 Å². The molecule has 0 saturated heterocycles. The Hall–Kier alpha value is 0.538. The van der Waals surface area contributed by atoms with Gasteiger partial charge in [-0.2, -0.15) is 0 Å². The monoisotopic (exact) mass is 171 g/mol. The van der Waals surface area contributed by atoms with E-state index in [9.17, 15) is 0 Å². The third kappa shape index (κ3) is 20.7. The standard InChI is InChI=1S/H2N.H2O.O.Sb.H/h2*1H2;;;/q-1;;;+2;/p-1. The van der Waals surface area contributed by atoms with Gasteiger partial charge in [-0.05, 0) is 0 Å². The molecule has 0 saturated carbocycles. The average Bonchev–Trinajstić information content (AvgIpc) is 0.811. The van der Waals surface area contributed by atoms with Crippen LogP contribution >= 0.6 is 0 Å². The van der Waals surface area contributed by atoms with Crippen molar-refractivity contribution in [2.24, 2.45) is 3.89 Å². The van der Waals surface area contributed by atoms with Crippen LogP contribution in [0.4, 0.5) is 0 Å². The zero-order valence-corrected chi connectivity index (χ0v) is 4.79. The third-order valence-electron chi connectivity index (χ3n) is 0. The molecule has 0 aromatic carbocycles. The summed E-state index contributed by atoms with van der Waals surface area (Å²) in [6.07, 6.45) is 0. The Balaban J connectivity index is 2.80. The molecule has 1 unspecified atom stereocenters. The molecule has 4 heavy (non-hydrogen) atoms. The first-order valence-corrected chi connectivity index (χ1v) is 4.81. The summed E-state index contributed by atoms with van der Waals surface area (Å²) in [5.74, 6) is 0. The van der Waals surface area contributed by atoms with Gasteiger partial charge in [-0.1, -0.05) is 0 Å². The molecule has 0 radical (unpaired) electrons. The van der Waals surface area contributed by atoms with E-state index in [-0.39, 0.29) is 0 Å². The Morgan fingerprint density at radius 1 is 2.00 bits per heavy atom. The second-order valence-electron chi connectivity index (χ2n) is 0.338. The van der Waals surface area contributed by atoms with Crippen LogP contribution < -0.4 is 3.89 Å². The first kappa shape index (κ1) is 4.54. The van der Waals surface area contributed by atoms with Crippen molar-refractivity contribution in [3.63, 3.8) is 0 Å². The molecule has 0 fully saturated rings. The fourth-order valence-electron chi connectivity index (χ4n) is 0. The molecule has 0 aliphatic carbocycles. The van der Waals surface area contributed by atoms with E-state index in [1.807, 2.05) is 0 Å². The molecule has 0 aliphatic heterocycles. The van der Waals surface area contributed by atoms with E-state index >= 15 is 0 Å². The van der Waals surface area contributed by atoms with E-state index < -0.39 is 20.9 Å². The van der Waals surface area contributed by atoms with E-state index in [0.717, 1.165) is 0 Å². The molecule has 26 valence electrons. The molecule has 0 aromatic rings. The van der Waals surface area contributed by atoms with Gasteiger partial charge in [0, 0.05) is 0 Å². The summed E-state index contributed by atoms with van der Waals surface area (Å²) in [4.78, 5) is 0. The first-order chi connectivity index (χ1) is 1.73. The van der Waals surface area contributed by atoms with E-state index in [0.29, 0.717) is 0 Å². The van der Waals surface area contributed by atoms with E-state index in [1.165, 1.54) is 0 Å². The summed E-state index contributed by atoms with van der Waals surface area (Å²) in [5, 5.41) is 0. The van der Waals surface area contributed by atoms with Crippen LogP contribution in [-0.2, 0) is 3.02 Å². The van der Waals surface area contributed by atoms with Gasteiger partial charge >= 0.3 is 31.2 Å².